The Morgan fingerprint density at radius 1 is 1.31 bits per heavy atom. The van der Waals surface area contributed by atoms with Crippen LogP contribution in [0.15, 0.2) is 11.1 Å². The van der Waals surface area contributed by atoms with Crippen LogP contribution in [0.1, 0.15) is 70.2 Å². The standard InChI is InChI=1S/C23H32N2O3S/c1-14-6-5-7-16(10-14)28-19(26)12-25-13-24-21-20(22(25)27)17-9-8-15(23(2,3)4)11-18(17)29-21/h13-16H,5-12H2,1-4H3/t14-,15-,16+/m1/s1. The molecule has 0 amide bonds. The van der Waals surface area contributed by atoms with Crippen molar-refractivity contribution in [3.8, 4) is 0 Å². The summed E-state index contributed by atoms with van der Waals surface area (Å²) < 4.78 is 7.08. The summed E-state index contributed by atoms with van der Waals surface area (Å²) in [5.41, 5.74) is 1.32. The van der Waals surface area contributed by atoms with Gasteiger partial charge in [0, 0.05) is 4.88 Å². The van der Waals surface area contributed by atoms with Crippen molar-refractivity contribution >= 4 is 27.5 Å². The SMILES string of the molecule is C[C@@H]1CCC[C@H](OC(=O)Cn2cnc3sc4c(c3c2=O)CC[C@@H](C(C)(C)C)C4)C1. The van der Waals surface area contributed by atoms with Gasteiger partial charge in [0.05, 0.1) is 11.7 Å². The molecule has 0 aliphatic heterocycles. The Morgan fingerprint density at radius 3 is 2.83 bits per heavy atom. The minimum atomic E-state index is -0.329. The van der Waals surface area contributed by atoms with E-state index in [1.807, 2.05) is 0 Å². The lowest BCUT2D eigenvalue weighted by Crippen LogP contribution is -2.30. The van der Waals surface area contributed by atoms with Crippen molar-refractivity contribution in [2.75, 3.05) is 0 Å². The van der Waals surface area contributed by atoms with Crippen LogP contribution in [0.5, 0.6) is 0 Å². The van der Waals surface area contributed by atoms with Crippen LogP contribution in [-0.4, -0.2) is 21.6 Å². The van der Waals surface area contributed by atoms with Crippen molar-refractivity contribution in [2.45, 2.75) is 85.3 Å². The molecule has 2 aliphatic carbocycles. The molecule has 3 atom stereocenters. The van der Waals surface area contributed by atoms with E-state index in [9.17, 15) is 9.59 Å². The van der Waals surface area contributed by atoms with Gasteiger partial charge >= 0.3 is 5.97 Å². The molecule has 0 radical (unpaired) electrons. The first kappa shape index (κ1) is 20.6. The second-order valence-corrected chi connectivity index (χ2v) is 11.1. The van der Waals surface area contributed by atoms with Gasteiger partial charge in [-0.1, -0.05) is 34.1 Å². The molecule has 0 bridgehead atoms. The molecule has 5 nitrogen and oxygen atoms in total. The lowest BCUT2D eigenvalue weighted by molar-refractivity contribution is -0.152. The number of ether oxygens (including phenoxy) is 1. The monoisotopic (exact) mass is 416 g/mol. The molecule has 1 saturated carbocycles. The molecule has 0 unspecified atom stereocenters. The fraction of sp³-hybridized carbons (Fsp3) is 0.696. The van der Waals surface area contributed by atoms with Crippen molar-refractivity contribution in [1.29, 1.82) is 0 Å². The van der Waals surface area contributed by atoms with E-state index in [0.717, 1.165) is 54.3 Å². The Hall–Kier alpha value is -1.69. The number of nitrogens with zero attached hydrogens (tertiary/aromatic N) is 2. The number of fused-ring (bicyclic) bond motifs is 3. The maximum Gasteiger partial charge on any atom is 0.326 e. The number of hydrogen-bond acceptors (Lipinski definition) is 5. The topological polar surface area (TPSA) is 61.2 Å². The Labute approximate surface area is 176 Å². The molecule has 2 aromatic rings. The van der Waals surface area contributed by atoms with Crippen LogP contribution in [0.3, 0.4) is 0 Å². The van der Waals surface area contributed by atoms with Gasteiger partial charge in [-0.3, -0.25) is 14.2 Å². The van der Waals surface area contributed by atoms with Gasteiger partial charge in [-0.25, -0.2) is 4.98 Å². The van der Waals surface area contributed by atoms with Gasteiger partial charge in [0.15, 0.2) is 0 Å². The van der Waals surface area contributed by atoms with E-state index >= 15 is 0 Å². The summed E-state index contributed by atoms with van der Waals surface area (Å²) >= 11 is 1.65. The third-order valence-corrected chi connectivity index (χ3v) is 7.91. The molecule has 0 saturated heterocycles. The van der Waals surface area contributed by atoms with E-state index in [2.05, 4.69) is 32.7 Å². The molecule has 1 fully saturated rings. The number of carbonyl (C=O) groups excluding carboxylic acids is 1. The first-order chi connectivity index (χ1) is 13.7. The molecule has 29 heavy (non-hydrogen) atoms. The van der Waals surface area contributed by atoms with Crippen LogP contribution in [0.25, 0.3) is 10.2 Å². The molecule has 4 rings (SSSR count). The number of rotatable bonds is 3. The summed E-state index contributed by atoms with van der Waals surface area (Å²) in [4.78, 5) is 32.2. The summed E-state index contributed by atoms with van der Waals surface area (Å²) in [6.45, 7) is 9.02. The molecular weight excluding hydrogens is 384 g/mol. The molecule has 2 aromatic heterocycles. The van der Waals surface area contributed by atoms with Gasteiger partial charge in [0.25, 0.3) is 5.56 Å². The zero-order chi connectivity index (χ0) is 20.8. The predicted molar refractivity (Wildman–Crippen MR) is 116 cm³/mol. The van der Waals surface area contributed by atoms with E-state index in [0.29, 0.717) is 11.8 Å². The van der Waals surface area contributed by atoms with Crippen molar-refractivity contribution in [3.05, 3.63) is 27.1 Å². The lowest BCUT2D eigenvalue weighted by Gasteiger charge is -2.33. The number of aryl methyl sites for hydroxylation is 1. The second-order valence-electron chi connectivity index (χ2n) is 10.1. The smallest absolute Gasteiger partial charge is 0.326 e. The van der Waals surface area contributed by atoms with Crippen LogP contribution in [-0.2, 0) is 28.9 Å². The Kier molecular flexibility index (Phi) is 5.58. The van der Waals surface area contributed by atoms with Crippen molar-refractivity contribution in [2.24, 2.45) is 17.3 Å². The molecular formula is C23H32N2O3S. The van der Waals surface area contributed by atoms with E-state index in [1.165, 1.54) is 22.2 Å². The maximum atomic E-state index is 13.1. The first-order valence-electron chi connectivity index (χ1n) is 10.9. The first-order valence-corrected chi connectivity index (χ1v) is 11.7. The Bertz CT molecular complexity index is 969. The molecule has 158 valence electrons. The van der Waals surface area contributed by atoms with Crippen LogP contribution in [0, 0.1) is 17.3 Å². The lowest BCUT2D eigenvalue weighted by atomic mass is 9.72. The third kappa shape index (κ3) is 4.27. The second kappa shape index (κ2) is 7.86. The third-order valence-electron chi connectivity index (χ3n) is 6.75. The summed E-state index contributed by atoms with van der Waals surface area (Å²) in [6, 6.07) is 0. The molecule has 0 aromatic carbocycles. The largest absolute Gasteiger partial charge is 0.461 e. The fourth-order valence-electron chi connectivity index (χ4n) is 4.90. The minimum Gasteiger partial charge on any atom is -0.461 e. The summed E-state index contributed by atoms with van der Waals surface area (Å²) in [7, 11) is 0. The Balaban J connectivity index is 1.54. The molecule has 0 N–H and O–H groups in total. The average molecular weight is 417 g/mol. The number of carbonyl (C=O) groups is 1. The maximum absolute atomic E-state index is 13.1. The number of thiophene rings is 1. The van der Waals surface area contributed by atoms with Crippen molar-refractivity contribution in [3.63, 3.8) is 0 Å². The predicted octanol–water partition coefficient (Wildman–Crippen LogP) is 4.73. The molecule has 0 spiro atoms. The van der Waals surface area contributed by atoms with Crippen LogP contribution < -0.4 is 5.56 Å². The van der Waals surface area contributed by atoms with Crippen LogP contribution in [0.4, 0.5) is 0 Å². The number of aromatic nitrogens is 2. The van der Waals surface area contributed by atoms with E-state index in [1.54, 1.807) is 11.3 Å². The highest BCUT2D eigenvalue weighted by molar-refractivity contribution is 7.18. The molecule has 2 aliphatic rings. The van der Waals surface area contributed by atoms with E-state index < -0.39 is 0 Å². The summed E-state index contributed by atoms with van der Waals surface area (Å²) in [5, 5.41) is 0.721. The average Bonchev–Trinajstić information content (AvgIpc) is 3.01. The normalized spacial score (nSPS) is 25.0. The highest BCUT2D eigenvalue weighted by atomic mass is 32.1. The quantitative estimate of drug-likeness (QED) is 0.679. The highest BCUT2D eigenvalue weighted by Gasteiger charge is 2.32. The van der Waals surface area contributed by atoms with Crippen LogP contribution in [0.2, 0.25) is 0 Å². The number of hydrogen-bond donors (Lipinski definition) is 0. The van der Waals surface area contributed by atoms with Crippen molar-refractivity contribution < 1.29 is 9.53 Å². The van der Waals surface area contributed by atoms with E-state index in [-0.39, 0.29) is 29.6 Å². The zero-order valence-corrected chi connectivity index (χ0v) is 18.8. The van der Waals surface area contributed by atoms with Gasteiger partial charge in [0.1, 0.15) is 17.5 Å². The minimum absolute atomic E-state index is 0.0121. The summed E-state index contributed by atoms with van der Waals surface area (Å²) in [6.07, 6.45) is 8.68. The summed E-state index contributed by atoms with van der Waals surface area (Å²) in [5.74, 6) is 0.888. The zero-order valence-electron chi connectivity index (χ0n) is 18.0. The fourth-order valence-corrected chi connectivity index (χ4v) is 6.16. The van der Waals surface area contributed by atoms with Gasteiger partial charge in [-0.05, 0) is 61.3 Å². The van der Waals surface area contributed by atoms with Crippen LogP contribution >= 0.6 is 11.3 Å². The van der Waals surface area contributed by atoms with Gasteiger partial charge in [-0.15, -0.1) is 11.3 Å². The van der Waals surface area contributed by atoms with Gasteiger partial charge in [-0.2, -0.15) is 0 Å². The van der Waals surface area contributed by atoms with Gasteiger partial charge in [0.2, 0.25) is 0 Å². The molecule has 6 heteroatoms. The van der Waals surface area contributed by atoms with E-state index in [4.69, 9.17) is 4.74 Å². The Morgan fingerprint density at radius 2 is 2.10 bits per heavy atom. The highest BCUT2D eigenvalue weighted by Crippen LogP contribution is 2.41. The molecule has 2 heterocycles. The number of esters is 1. The van der Waals surface area contributed by atoms with Gasteiger partial charge < -0.3 is 4.74 Å². The van der Waals surface area contributed by atoms with Crippen molar-refractivity contribution in [1.82, 2.24) is 9.55 Å².